The van der Waals surface area contributed by atoms with Gasteiger partial charge < -0.3 is 14.7 Å². The zero-order chi connectivity index (χ0) is 22.6. The van der Waals surface area contributed by atoms with E-state index in [1.54, 1.807) is 0 Å². The van der Waals surface area contributed by atoms with Crippen LogP contribution in [0.25, 0.3) is 0 Å². The Balaban J connectivity index is 1.43. The Hall–Kier alpha value is -2.66. The molecule has 172 valence electrons. The quantitative estimate of drug-likeness (QED) is 0.613. The van der Waals surface area contributed by atoms with Crippen LogP contribution >= 0.6 is 0 Å². The Bertz CT molecular complexity index is 993. The number of fused-ring (bicyclic) bond motifs is 1. The van der Waals surface area contributed by atoms with Gasteiger partial charge in [-0.25, -0.2) is 0 Å². The van der Waals surface area contributed by atoms with Crippen molar-refractivity contribution in [2.45, 2.75) is 37.5 Å². The summed E-state index contributed by atoms with van der Waals surface area (Å²) in [7, 11) is 2.21. The minimum atomic E-state index is -0.639. The van der Waals surface area contributed by atoms with Gasteiger partial charge in [0, 0.05) is 30.6 Å². The van der Waals surface area contributed by atoms with Gasteiger partial charge in [0.05, 0.1) is 6.10 Å². The molecule has 33 heavy (non-hydrogen) atoms. The van der Waals surface area contributed by atoms with Gasteiger partial charge in [0.25, 0.3) is 0 Å². The van der Waals surface area contributed by atoms with E-state index in [1.807, 2.05) is 42.5 Å². The molecule has 0 aromatic heterocycles. The van der Waals surface area contributed by atoms with Crippen LogP contribution in [0.5, 0.6) is 5.75 Å². The van der Waals surface area contributed by atoms with Gasteiger partial charge in [0.15, 0.2) is 0 Å². The number of rotatable bonds is 5. The number of aliphatic hydroxyl groups excluding tert-OH is 1. The van der Waals surface area contributed by atoms with Crippen molar-refractivity contribution in [3.63, 3.8) is 0 Å². The van der Waals surface area contributed by atoms with Gasteiger partial charge in [-0.3, -0.25) is 4.90 Å². The van der Waals surface area contributed by atoms with E-state index in [2.05, 4.69) is 53.2 Å². The third-order valence-electron chi connectivity index (χ3n) is 7.27. The number of hydrogen-bond acceptors (Lipinski definition) is 4. The normalized spacial score (nSPS) is 19.0. The Labute approximate surface area is 197 Å². The van der Waals surface area contributed by atoms with Crippen molar-refractivity contribution in [1.29, 1.82) is 0 Å². The van der Waals surface area contributed by atoms with E-state index in [0.717, 1.165) is 55.2 Å². The maximum Gasteiger partial charge on any atom is 0.123 e. The molecule has 1 atom stereocenters. The third kappa shape index (κ3) is 4.98. The number of aliphatic hydroxyl groups is 1. The van der Waals surface area contributed by atoms with Crippen molar-refractivity contribution in [2.75, 3.05) is 33.3 Å². The van der Waals surface area contributed by atoms with Crippen LogP contribution in [0.4, 0.5) is 0 Å². The van der Waals surface area contributed by atoms with Crippen LogP contribution in [-0.2, 0) is 6.54 Å². The van der Waals surface area contributed by atoms with E-state index < -0.39 is 6.10 Å². The maximum absolute atomic E-state index is 11.6. The van der Waals surface area contributed by atoms with Crippen molar-refractivity contribution in [1.82, 2.24) is 9.80 Å². The fraction of sp³-hybridized carbons (Fsp3) is 0.379. The second kappa shape index (κ2) is 10.1. The summed E-state index contributed by atoms with van der Waals surface area (Å²) < 4.78 is 6.12. The lowest BCUT2D eigenvalue weighted by atomic mass is 9.83. The number of nitrogens with zero attached hydrogens (tertiary/aromatic N) is 2. The number of ether oxygens (including phenoxy) is 1. The Kier molecular flexibility index (Phi) is 6.77. The lowest BCUT2D eigenvalue weighted by Gasteiger charge is -2.36. The van der Waals surface area contributed by atoms with Crippen molar-refractivity contribution in [3.05, 3.63) is 101 Å². The van der Waals surface area contributed by atoms with Crippen LogP contribution < -0.4 is 4.74 Å². The molecule has 3 aromatic rings. The number of piperidine rings is 1. The third-order valence-corrected chi connectivity index (χ3v) is 7.27. The first-order chi connectivity index (χ1) is 16.2. The van der Waals surface area contributed by atoms with Crippen LogP contribution in [0.15, 0.2) is 78.9 Å². The lowest BCUT2D eigenvalue weighted by Crippen LogP contribution is -2.44. The zero-order valence-electron chi connectivity index (χ0n) is 19.4. The highest BCUT2D eigenvalue weighted by Crippen LogP contribution is 2.38. The predicted octanol–water partition coefficient (Wildman–Crippen LogP) is 4.84. The van der Waals surface area contributed by atoms with Crippen LogP contribution in [0.1, 0.15) is 47.1 Å². The van der Waals surface area contributed by atoms with Gasteiger partial charge in [-0.2, -0.15) is 0 Å². The minimum Gasteiger partial charge on any atom is -0.492 e. The van der Waals surface area contributed by atoms with Crippen LogP contribution in [0, 0.1) is 0 Å². The highest BCUT2D eigenvalue weighted by molar-refractivity contribution is 5.42. The minimum absolute atomic E-state index is 0.123. The fourth-order valence-corrected chi connectivity index (χ4v) is 5.36. The molecule has 5 rings (SSSR count). The number of hydrogen-bond donors (Lipinski definition) is 1. The molecule has 4 heteroatoms. The smallest absolute Gasteiger partial charge is 0.123 e. The molecule has 2 aliphatic heterocycles. The monoisotopic (exact) mass is 442 g/mol. The molecule has 0 amide bonds. The molecule has 0 aliphatic carbocycles. The average Bonchev–Trinajstić information content (AvgIpc) is 3.08. The molecule has 1 fully saturated rings. The molecule has 3 aromatic carbocycles. The van der Waals surface area contributed by atoms with Crippen LogP contribution in [0.3, 0.4) is 0 Å². The van der Waals surface area contributed by atoms with Gasteiger partial charge >= 0.3 is 0 Å². The van der Waals surface area contributed by atoms with Crippen LogP contribution in [-0.4, -0.2) is 54.2 Å². The van der Waals surface area contributed by atoms with Crippen LogP contribution in [0.2, 0.25) is 0 Å². The van der Waals surface area contributed by atoms with E-state index in [0.29, 0.717) is 6.04 Å². The molecule has 1 N–H and O–H groups in total. The summed E-state index contributed by atoms with van der Waals surface area (Å²) in [5.41, 5.74) is 4.37. The Morgan fingerprint density at radius 1 is 0.818 bits per heavy atom. The summed E-state index contributed by atoms with van der Waals surface area (Å²) in [5.74, 6) is 0.833. The Morgan fingerprint density at radius 3 is 2.09 bits per heavy atom. The van der Waals surface area contributed by atoms with Gasteiger partial charge in [-0.1, -0.05) is 66.7 Å². The van der Waals surface area contributed by atoms with E-state index in [4.69, 9.17) is 4.74 Å². The summed E-state index contributed by atoms with van der Waals surface area (Å²) in [6.45, 7) is 4.87. The standard InChI is InChI=1S/C29H34N2O2/c1-30-16-14-26(15-17-30)31-18-19-33-27-13-12-24(20-25(27)21-31)29(32)28(22-8-4-2-5-9-22)23-10-6-3-7-11-23/h2-13,20,26,28-29,32H,14-19,21H2,1H3. The SMILES string of the molecule is CN1CCC(N2CCOc3ccc(C(O)C(c4ccccc4)c4ccccc4)cc3C2)CC1. The van der Waals surface area contributed by atoms with Crippen molar-refractivity contribution in [3.8, 4) is 5.75 Å². The van der Waals surface area contributed by atoms with Crippen molar-refractivity contribution < 1.29 is 9.84 Å². The second-order valence-electron chi connectivity index (χ2n) is 9.46. The van der Waals surface area contributed by atoms with E-state index in [9.17, 15) is 5.11 Å². The lowest BCUT2D eigenvalue weighted by molar-refractivity contribution is 0.108. The van der Waals surface area contributed by atoms with Crippen molar-refractivity contribution >= 4 is 0 Å². The van der Waals surface area contributed by atoms with E-state index >= 15 is 0 Å². The average molecular weight is 443 g/mol. The first kappa shape index (κ1) is 22.1. The highest BCUT2D eigenvalue weighted by atomic mass is 16.5. The summed E-state index contributed by atoms with van der Waals surface area (Å²) in [4.78, 5) is 5.00. The summed E-state index contributed by atoms with van der Waals surface area (Å²) in [5, 5.41) is 11.6. The van der Waals surface area contributed by atoms with Gasteiger partial charge in [0.2, 0.25) is 0 Å². The molecule has 0 saturated carbocycles. The van der Waals surface area contributed by atoms with Gasteiger partial charge in [0.1, 0.15) is 12.4 Å². The molecular formula is C29H34N2O2. The predicted molar refractivity (Wildman–Crippen MR) is 133 cm³/mol. The van der Waals surface area contributed by atoms with Crippen molar-refractivity contribution in [2.24, 2.45) is 0 Å². The topological polar surface area (TPSA) is 35.9 Å². The number of likely N-dealkylation sites (tertiary alicyclic amines) is 1. The molecule has 2 heterocycles. The molecule has 4 nitrogen and oxygen atoms in total. The molecule has 0 spiro atoms. The molecule has 0 radical (unpaired) electrons. The molecule has 2 aliphatic rings. The summed E-state index contributed by atoms with van der Waals surface area (Å²) in [6.07, 6.45) is 1.77. The highest BCUT2D eigenvalue weighted by Gasteiger charge is 2.28. The summed E-state index contributed by atoms with van der Waals surface area (Å²) in [6, 6.07) is 27.5. The first-order valence-corrected chi connectivity index (χ1v) is 12.2. The van der Waals surface area contributed by atoms with Gasteiger partial charge in [-0.05, 0) is 61.8 Å². The molecule has 0 bridgehead atoms. The molecule has 1 unspecified atom stereocenters. The van der Waals surface area contributed by atoms with E-state index in [1.165, 1.54) is 18.4 Å². The van der Waals surface area contributed by atoms with Gasteiger partial charge in [-0.15, -0.1) is 0 Å². The first-order valence-electron chi connectivity index (χ1n) is 12.2. The second-order valence-corrected chi connectivity index (χ2v) is 9.46. The zero-order valence-corrected chi connectivity index (χ0v) is 19.4. The van der Waals surface area contributed by atoms with E-state index in [-0.39, 0.29) is 5.92 Å². The number of benzene rings is 3. The Morgan fingerprint density at radius 2 is 1.45 bits per heavy atom. The fourth-order valence-electron chi connectivity index (χ4n) is 5.36. The largest absolute Gasteiger partial charge is 0.492 e. The molecule has 1 saturated heterocycles. The molecular weight excluding hydrogens is 408 g/mol. The summed E-state index contributed by atoms with van der Waals surface area (Å²) >= 11 is 0. The maximum atomic E-state index is 11.6.